The van der Waals surface area contributed by atoms with Gasteiger partial charge in [0.25, 0.3) is 5.91 Å². The molecule has 124 valence electrons. The molecule has 0 radical (unpaired) electrons. The van der Waals surface area contributed by atoms with Crippen LogP contribution in [-0.2, 0) is 6.54 Å². The van der Waals surface area contributed by atoms with Gasteiger partial charge in [-0.05, 0) is 36.1 Å². The van der Waals surface area contributed by atoms with Gasteiger partial charge in [0.15, 0.2) is 0 Å². The van der Waals surface area contributed by atoms with Gasteiger partial charge in [0.05, 0.1) is 23.1 Å². The summed E-state index contributed by atoms with van der Waals surface area (Å²) in [7, 11) is 0. The zero-order valence-corrected chi connectivity index (χ0v) is 15.5. The van der Waals surface area contributed by atoms with E-state index in [1.165, 1.54) is 16.2 Å². The van der Waals surface area contributed by atoms with E-state index in [0.717, 1.165) is 16.0 Å². The number of carbonyl (C=O) groups excluding carboxylic acids is 1. The van der Waals surface area contributed by atoms with Crippen LogP contribution in [0.5, 0.6) is 0 Å². The van der Waals surface area contributed by atoms with Gasteiger partial charge in [0, 0.05) is 4.88 Å². The number of benzene rings is 1. The molecular formula is C19H19ClN2OS. The molecular weight excluding hydrogens is 340 g/mol. The molecule has 5 heteroatoms. The monoisotopic (exact) mass is 358 g/mol. The van der Waals surface area contributed by atoms with Crippen LogP contribution in [0.15, 0.2) is 42.1 Å². The second-order valence-electron chi connectivity index (χ2n) is 5.83. The van der Waals surface area contributed by atoms with Crippen LogP contribution in [0, 0.1) is 18.3 Å². The molecule has 0 bridgehead atoms. The lowest BCUT2D eigenvalue weighted by Gasteiger charge is -2.22. The summed E-state index contributed by atoms with van der Waals surface area (Å²) in [6.07, 6.45) is 0. The maximum Gasteiger partial charge on any atom is 0.269 e. The third kappa shape index (κ3) is 3.87. The molecule has 0 spiro atoms. The predicted molar refractivity (Wildman–Crippen MR) is 99.2 cm³/mol. The first kappa shape index (κ1) is 18.3. The number of aryl methyl sites for hydroxylation is 1. The molecule has 24 heavy (non-hydrogen) atoms. The summed E-state index contributed by atoms with van der Waals surface area (Å²) in [5.74, 6) is 0.0651. The highest BCUT2D eigenvalue weighted by Gasteiger charge is 2.24. The lowest BCUT2D eigenvalue weighted by atomic mass is 10.0. The number of hydrogen-bond donors (Lipinski definition) is 0. The van der Waals surface area contributed by atoms with E-state index in [1.807, 2.05) is 25.1 Å². The summed E-state index contributed by atoms with van der Waals surface area (Å²) in [5.41, 5.74) is 2.29. The van der Waals surface area contributed by atoms with Gasteiger partial charge in [-0.15, -0.1) is 11.3 Å². The summed E-state index contributed by atoms with van der Waals surface area (Å²) >= 11 is 7.57. The van der Waals surface area contributed by atoms with Crippen molar-refractivity contribution in [1.82, 2.24) is 4.90 Å². The standard InChI is InChI=1S/C19H19ClN2OS/c1-12(2)17-9-13(3)24-18(17)19(23)22(14(4)20)11-16-8-6-5-7-15(16)10-21/h5-9,12H,4,11H2,1-3H3. The predicted octanol–water partition coefficient (Wildman–Crippen LogP) is 5.40. The lowest BCUT2D eigenvalue weighted by Crippen LogP contribution is -2.28. The first-order valence-electron chi connectivity index (χ1n) is 7.59. The van der Waals surface area contributed by atoms with E-state index in [-0.39, 0.29) is 23.5 Å². The van der Waals surface area contributed by atoms with Crippen LogP contribution in [0.2, 0.25) is 0 Å². The van der Waals surface area contributed by atoms with E-state index in [9.17, 15) is 10.1 Å². The highest BCUT2D eigenvalue weighted by atomic mass is 35.5. The molecule has 1 aromatic carbocycles. The van der Waals surface area contributed by atoms with Crippen LogP contribution in [-0.4, -0.2) is 10.8 Å². The van der Waals surface area contributed by atoms with Crippen molar-refractivity contribution in [2.75, 3.05) is 0 Å². The van der Waals surface area contributed by atoms with Gasteiger partial charge in [-0.3, -0.25) is 9.69 Å². The number of nitriles is 1. The van der Waals surface area contributed by atoms with Crippen molar-refractivity contribution in [2.45, 2.75) is 33.2 Å². The maximum atomic E-state index is 13.0. The molecule has 0 aliphatic heterocycles. The summed E-state index contributed by atoms with van der Waals surface area (Å²) in [5, 5.41) is 9.39. The topological polar surface area (TPSA) is 44.1 Å². The Kier molecular flexibility index (Phi) is 5.82. The fourth-order valence-corrected chi connectivity index (χ4v) is 3.71. The Morgan fingerprint density at radius 3 is 2.67 bits per heavy atom. The molecule has 0 aliphatic rings. The van der Waals surface area contributed by atoms with Crippen LogP contribution in [0.3, 0.4) is 0 Å². The lowest BCUT2D eigenvalue weighted by molar-refractivity contribution is 0.0811. The summed E-state index contributed by atoms with van der Waals surface area (Å²) in [4.78, 5) is 16.2. The molecule has 0 aliphatic carbocycles. The smallest absolute Gasteiger partial charge is 0.269 e. The second kappa shape index (κ2) is 7.65. The fraction of sp³-hybridized carbons (Fsp3) is 0.263. The molecule has 0 saturated heterocycles. The third-order valence-corrected chi connectivity index (χ3v) is 4.96. The normalized spacial score (nSPS) is 10.5. The highest BCUT2D eigenvalue weighted by molar-refractivity contribution is 7.14. The van der Waals surface area contributed by atoms with Crippen molar-refractivity contribution < 1.29 is 4.79 Å². The number of thiophene rings is 1. The van der Waals surface area contributed by atoms with Crippen LogP contribution in [0.25, 0.3) is 0 Å². The van der Waals surface area contributed by atoms with Gasteiger partial charge in [-0.2, -0.15) is 5.26 Å². The quantitative estimate of drug-likeness (QED) is 0.671. The molecule has 3 nitrogen and oxygen atoms in total. The second-order valence-corrected chi connectivity index (χ2v) is 7.53. The van der Waals surface area contributed by atoms with Crippen LogP contribution in [0.1, 0.15) is 51.0 Å². The molecule has 0 N–H and O–H groups in total. The Labute approximate surface area is 151 Å². The summed E-state index contributed by atoms with van der Waals surface area (Å²) in [6, 6.07) is 11.4. The number of halogens is 1. The highest BCUT2D eigenvalue weighted by Crippen LogP contribution is 2.31. The Morgan fingerprint density at radius 2 is 2.08 bits per heavy atom. The fourth-order valence-electron chi connectivity index (χ4n) is 2.46. The number of nitrogens with zero attached hydrogens (tertiary/aromatic N) is 2. The van der Waals surface area contributed by atoms with Crippen molar-refractivity contribution in [3.05, 3.63) is 68.5 Å². The molecule has 2 aromatic rings. The van der Waals surface area contributed by atoms with E-state index in [4.69, 9.17) is 11.6 Å². The van der Waals surface area contributed by atoms with Crippen LogP contribution >= 0.6 is 22.9 Å². The number of hydrogen-bond acceptors (Lipinski definition) is 3. The molecule has 1 heterocycles. The average molecular weight is 359 g/mol. The Hall–Kier alpha value is -2.09. The van der Waals surface area contributed by atoms with Gasteiger partial charge < -0.3 is 0 Å². The van der Waals surface area contributed by atoms with Crippen molar-refractivity contribution in [2.24, 2.45) is 0 Å². The van der Waals surface area contributed by atoms with Crippen LogP contribution in [0.4, 0.5) is 0 Å². The minimum absolute atomic E-state index is 0.147. The molecule has 2 rings (SSSR count). The molecule has 0 saturated carbocycles. The molecule has 1 amide bonds. The van der Waals surface area contributed by atoms with Crippen molar-refractivity contribution >= 4 is 28.8 Å². The minimum atomic E-state index is -0.176. The van der Waals surface area contributed by atoms with Gasteiger partial charge in [-0.1, -0.05) is 50.2 Å². The van der Waals surface area contributed by atoms with E-state index < -0.39 is 0 Å². The van der Waals surface area contributed by atoms with Gasteiger partial charge in [0.1, 0.15) is 5.16 Å². The van der Waals surface area contributed by atoms with Crippen molar-refractivity contribution in [1.29, 1.82) is 5.26 Å². The van der Waals surface area contributed by atoms with E-state index in [1.54, 1.807) is 12.1 Å². The van der Waals surface area contributed by atoms with Crippen LogP contribution < -0.4 is 0 Å². The first-order chi connectivity index (χ1) is 11.3. The molecule has 1 aromatic heterocycles. The number of rotatable bonds is 5. The molecule has 0 atom stereocenters. The van der Waals surface area contributed by atoms with E-state index in [2.05, 4.69) is 26.5 Å². The van der Waals surface area contributed by atoms with E-state index in [0.29, 0.717) is 10.4 Å². The van der Waals surface area contributed by atoms with Gasteiger partial charge in [0.2, 0.25) is 0 Å². The SMILES string of the molecule is C=C(Cl)N(Cc1ccccc1C#N)C(=O)c1sc(C)cc1C(C)C. The van der Waals surface area contributed by atoms with E-state index >= 15 is 0 Å². The Morgan fingerprint density at radius 1 is 1.42 bits per heavy atom. The maximum absolute atomic E-state index is 13.0. The Balaban J connectivity index is 2.40. The first-order valence-corrected chi connectivity index (χ1v) is 8.79. The minimum Gasteiger partial charge on any atom is -0.294 e. The van der Waals surface area contributed by atoms with Crippen molar-refractivity contribution in [3.63, 3.8) is 0 Å². The van der Waals surface area contributed by atoms with Crippen molar-refractivity contribution in [3.8, 4) is 6.07 Å². The molecule has 0 unspecified atom stereocenters. The number of amides is 1. The summed E-state index contributed by atoms with van der Waals surface area (Å²) < 4.78 is 0. The number of carbonyl (C=O) groups is 1. The third-order valence-electron chi connectivity index (χ3n) is 3.70. The zero-order valence-electron chi connectivity index (χ0n) is 14.0. The average Bonchev–Trinajstić information content (AvgIpc) is 2.94. The zero-order chi connectivity index (χ0) is 17.9. The van der Waals surface area contributed by atoms with Gasteiger partial charge >= 0.3 is 0 Å². The summed E-state index contributed by atoms with van der Waals surface area (Å²) in [6.45, 7) is 10.1. The largest absolute Gasteiger partial charge is 0.294 e. The molecule has 0 fully saturated rings. The Bertz CT molecular complexity index is 817. The van der Waals surface area contributed by atoms with Gasteiger partial charge in [-0.25, -0.2) is 0 Å².